The van der Waals surface area contributed by atoms with E-state index in [1.807, 2.05) is 41.3 Å². The molecular weight excluding hydrogens is 601 g/mol. The zero-order valence-corrected chi connectivity index (χ0v) is 30.2. The van der Waals surface area contributed by atoms with Crippen molar-refractivity contribution in [3.8, 4) is 34.1 Å². The third-order valence-electron chi connectivity index (χ3n) is 9.38. The highest BCUT2D eigenvalue weighted by atomic mass is 16.5. The molecule has 5 heteroatoms. The van der Waals surface area contributed by atoms with Gasteiger partial charge in [-0.25, -0.2) is 9.67 Å². The first-order valence-corrected chi connectivity index (χ1v) is 17.3. The number of aryl methyl sites for hydroxylation is 1. The Kier molecular flexibility index (Phi) is 7.98. The molecule has 7 rings (SSSR count). The lowest BCUT2D eigenvalue weighted by molar-refractivity contribution is 0.483. The number of hydrogen-bond donors (Lipinski definition) is 0. The second-order valence-corrected chi connectivity index (χ2v) is 15.6. The van der Waals surface area contributed by atoms with Crippen LogP contribution in [0.15, 0.2) is 110 Å². The molecule has 0 amide bonds. The summed E-state index contributed by atoms with van der Waals surface area (Å²) in [6.45, 7) is 20.5. The number of pyridine rings is 1. The molecule has 0 N–H and O–H groups in total. The molecule has 0 unspecified atom stereocenters. The summed E-state index contributed by atoms with van der Waals surface area (Å²) < 4.78 is 10.7. The molecule has 0 bridgehead atoms. The van der Waals surface area contributed by atoms with Gasteiger partial charge in [-0.1, -0.05) is 91.8 Å². The molecular formula is C44H46N4O. The Morgan fingerprint density at radius 3 is 2.20 bits per heavy atom. The summed E-state index contributed by atoms with van der Waals surface area (Å²) >= 11 is 0. The molecule has 49 heavy (non-hydrogen) atoms. The van der Waals surface area contributed by atoms with Gasteiger partial charge in [0.25, 0.3) is 0 Å². The minimum atomic E-state index is -0.0335. The standard InChI is InChI=1S/C44H46N4O/c1-28(2)34-19-20-37(43(4,5)6)41(42(34)44(7,8)9)30-26-46-47(27-30)31-13-12-14-32(24-31)49-33-17-18-36-35-15-10-11-16-38(35)48(39(36)25-33)40-23-29(3)21-22-45-40/h10-28H,1-9H3. The zero-order valence-electron chi connectivity index (χ0n) is 30.2. The average Bonchev–Trinajstić information content (AvgIpc) is 3.67. The van der Waals surface area contributed by atoms with E-state index in [2.05, 4.69) is 140 Å². The first-order valence-electron chi connectivity index (χ1n) is 17.3. The Balaban J connectivity index is 1.28. The van der Waals surface area contributed by atoms with E-state index in [-0.39, 0.29) is 10.8 Å². The number of hydrogen-bond acceptors (Lipinski definition) is 3. The van der Waals surface area contributed by atoms with Crippen LogP contribution in [0.4, 0.5) is 0 Å². The van der Waals surface area contributed by atoms with E-state index in [1.165, 1.54) is 33.2 Å². The van der Waals surface area contributed by atoms with Crippen molar-refractivity contribution >= 4 is 21.8 Å². The summed E-state index contributed by atoms with van der Waals surface area (Å²) in [6, 6.07) is 31.8. The lowest BCUT2D eigenvalue weighted by Crippen LogP contribution is -2.21. The van der Waals surface area contributed by atoms with Gasteiger partial charge >= 0.3 is 0 Å². The number of nitrogens with zero attached hydrogens (tertiary/aromatic N) is 4. The van der Waals surface area contributed by atoms with E-state index in [4.69, 9.17) is 14.8 Å². The van der Waals surface area contributed by atoms with Crippen molar-refractivity contribution < 1.29 is 4.74 Å². The molecule has 0 saturated heterocycles. The molecule has 0 aliphatic carbocycles. The van der Waals surface area contributed by atoms with Gasteiger partial charge in [0.15, 0.2) is 0 Å². The monoisotopic (exact) mass is 646 g/mol. The van der Waals surface area contributed by atoms with Crippen LogP contribution >= 0.6 is 0 Å². The molecule has 4 aromatic carbocycles. The largest absolute Gasteiger partial charge is 0.457 e. The highest BCUT2D eigenvalue weighted by Gasteiger charge is 2.30. The third kappa shape index (κ3) is 6.03. The molecule has 0 saturated carbocycles. The second kappa shape index (κ2) is 12.1. The van der Waals surface area contributed by atoms with Crippen LogP contribution in [0.2, 0.25) is 0 Å². The molecule has 0 atom stereocenters. The molecule has 0 fully saturated rings. The van der Waals surface area contributed by atoms with E-state index in [1.54, 1.807) is 0 Å². The predicted molar refractivity (Wildman–Crippen MR) is 204 cm³/mol. The van der Waals surface area contributed by atoms with Crippen LogP contribution in [0.5, 0.6) is 11.5 Å². The maximum Gasteiger partial charge on any atom is 0.137 e. The number of ether oxygens (including phenoxy) is 1. The van der Waals surface area contributed by atoms with Gasteiger partial charge in [0.1, 0.15) is 17.3 Å². The molecule has 3 aromatic heterocycles. The Bertz CT molecular complexity index is 2320. The molecule has 0 spiro atoms. The zero-order chi connectivity index (χ0) is 34.7. The number of para-hydroxylation sites is 1. The molecule has 0 aliphatic rings. The Morgan fingerprint density at radius 2 is 1.47 bits per heavy atom. The van der Waals surface area contributed by atoms with E-state index in [0.717, 1.165) is 45.0 Å². The lowest BCUT2D eigenvalue weighted by Gasteiger charge is -2.33. The van der Waals surface area contributed by atoms with Crippen molar-refractivity contribution in [3.63, 3.8) is 0 Å². The highest BCUT2D eigenvalue weighted by molar-refractivity contribution is 6.09. The average molecular weight is 647 g/mol. The van der Waals surface area contributed by atoms with Gasteiger partial charge in [0.05, 0.1) is 22.9 Å². The van der Waals surface area contributed by atoms with E-state index in [0.29, 0.717) is 5.92 Å². The van der Waals surface area contributed by atoms with Crippen molar-refractivity contribution in [2.45, 2.75) is 79.1 Å². The van der Waals surface area contributed by atoms with Gasteiger partial charge in [0.2, 0.25) is 0 Å². The Labute approximate surface area is 290 Å². The minimum Gasteiger partial charge on any atom is -0.457 e. The topological polar surface area (TPSA) is 44.9 Å². The molecule has 0 aliphatic heterocycles. The molecule has 0 radical (unpaired) electrons. The molecule has 7 aromatic rings. The summed E-state index contributed by atoms with van der Waals surface area (Å²) in [5.74, 6) is 2.82. The molecule has 5 nitrogen and oxygen atoms in total. The Hall–Kier alpha value is -5.16. The van der Waals surface area contributed by atoms with Gasteiger partial charge in [0, 0.05) is 40.9 Å². The fraction of sp³-hybridized carbons (Fsp3) is 0.273. The summed E-state index contributed by atoms with van der Waals surface area (Å²) in [5, 5.41) is 7.25. The normalized spacial score (nSPS) is 12.4. The fourth-order valence-electron chi connectivity index (χ4n) is 7.15. The van der Waals surface area contributed by atoms with E-state index >= 15 is 0 Å². The number of aromatic nitrogens is 4. The summed E-state index contributed by atoms with van der Waals surface area (Å²) in [5.41, 5.74) is 10.8. The van der Waals surface area contributed by atoms with E-state index < -0.39 is 0 Å². The van der Waals surface area contributed by atoms with Crippen LogP contribution in [-0.2, 0) is 10.8 Å². The van der Waals surface area contributed by atoms with Crippen LogP contribution in [0.25, 0.3) is 44.4 Å². The van der Waals surface area contributed by atoms with Crippen molar-refractivity contribution in [1.29, 1.82) is 0 Å². The Morgan fingerprint density at radius 1 is 0.714 bits per heavy atom. The van der Waals surface area contributed by atoms with Crippen molar-refractivity contribution in [2.75, 3.05) is 0 Å². The predicted octanol–water partition coefficient (Wildman–Crippen LogP) is 11.9. The quantitative estimate of drug-likeness (QED) is 0.181. The van der Waals surface area contributed by atoms with Gasteiger partial charge in [-0.05, 0) is 94.0 Å². The van der Waals surface area contributed by atoms with Crippen LogP contribution < -0.4 is 4.74 Å². The summed E-state index contributed by atoms with van der Waals surface area (Å²) in [7, 11) is 0. The van der Waals surface area contributed by atoms with E-state index in [9.17, 15) is 0 Å². The first-order chi connectivity index (χ1) is 23.3. The lowest BCUT2D eigenvalue weighted by atomic mass is 9.71. The summed E-state index contributed by atoms with van der Waals surface area (Å²) in [4.78, 5) is 4.73. The van der Waals surface area contributed by atoms with Gasteiger partial charge in [-0.2, -0.15) is 5.10 Å². The minimum absolute atomic E-state index is 0.0249. The summed E-state index contributed by atoms with van der Waals surface area (Å²) in [6.07, 6.45) is 6.05. The van der Waals surface area contributed by atoms with Gasteiger partial charge in [-0.15, -0.1) is 0 Å². The third-order valence-corrected chi connectivity index (χ3v) is 9.38. The smallest absolute Gasteiger partial charge is 0.137 e. The first kappa shape index (κ1) is 32.4. The molecule has 248 valence electrons. The highest BCUT2D eigenvalue weighted by Crippen LogP contribution is 2.44. The SMILES string of the molecule is Cc1ccnc(-n2c3ccccc3c3ccc(Oc4cccc(-n5cc(-c6c(C(C)(C)C)ccc(C(C)C)c6C(C)(C)C)cn5)c4)cc32)c1. The second-order valence-electron chi connectivity index (χ2n) is 15.6. The number of rotatable bonds is 6. The molecule has 3 heterocycles. The van der Waals surface area contributed by atoms with Crippen molar-refractivity contribution in [1.82, 2.24) is 19.3 Å². The van der Waals surface area contributed by atoms with Crippen molar-refractivity contribution in [2.24, 2.45) is 0 Å². The number of fused-ring (bicyclic) bond motifs is 3. The van der Waals surface area contributed by atoms with Crippen LogP contribution in [0.1, 0.15) is 83.6 Å². The number of benzene rings is 4. The fourth-order valence-corrected chi connectivity index (χ4v) is 7.15. The van der Waals surface area contributed by atoms with Gasteiger partial charge in [-0.3, -0.25) is 4.57 Å². The van der Waals surface area contributed by atoms with Gasteiger partial charge < -0.3 is 4.74 Å². The van der Waals surface area contributed by atoms with Crippen molar-refractivity contribution in [3.05, 3.63) is 132 Å². The van der Waals surface area contributed by atoms with Crippen LogP contribution in [0.3, 0.4) is 0 Å². The maximum atomic E-state index is 6.55. The van der Waals surface area contributed by atoms with Crippen LogP contribution in [0, 0.1) is 6.92 Å². The van der Waals surface area contributed by atoms with Crippen LogP contribution in [-0.4, -0.2) is 19.3 Å². The maximum absolute atomic E-state index is 6.55.